The highest BCUT2D eigenvalue weighted by Gasteiger charge is 2.11. The summed E-state index contributed by atoms with van der Waals surface area (Å²) in [4.78, 5) is 0. The molecule has 1 rings (SSSR count). The molecule has 2 N–H and O–H groups in total. The molecule has 1 atom stereocenters. The van der Waals surface area contributed by atoms with Crippen molar-refractivity contribution in [3.63, 3.8) is 0 Å². The highest BCUT2D eigenvalue weighted by Crippen LogP contribution is 2.21. The first-order chi connectivity index (χ1) is 7.04. The lowest BCUT2D eigenvalue weighted by molar-refractivity contribution is 0.432. The fourth-order valence-corrected chi connectivity index (χ4v) is 1.55. The minimum atomic E-state index is -0.585. The zero-order valence-corrected chi connectivity index (χ0v) is 9.42. The van der Waals surface area contributed by atoms with Gasteiger partial charge in [-0.15, -0.1) is 0 Å². The zero-order valence-electron chi connectivity index (χ0n) is 9.42. The number of halogens is 1. The van der Waals surface area contributed by atoms with Crippen LogP contribution in [0.4, 0.5) is 10.1 Å². The maximum atomic E-state index is 13.0. The number of nitrogens with one attached hydrogen (secondary N) is 1. The number of phenolic OH excluding ortho intramolecular Hbond substituents is 1. The monoisotopic (exact) mass is 211 g/mol. The molecule has 0 bridgehead atoms. The number of phenols is 1. The quantitative estimate of drug-likeness (QED) is 0.748. The van der Waals surface area contributed by atoms with Gasteiger partial charge in [0.05, 0.1) is 0 Å². The van der Waals surface area contributed by atoms with E-state index < -0.39 is 5.82 Å². The maximum absolute atomic E-state index is 13.0. The molecule has 0 spiro atoms. The largest absolute Gasteiger partial charge is 0.505 e. The number of hydrogen-bond acceptors (Lipinski definition) is 2. The molecule has 0 aromatic heterocycles. The number of rotatable bonds is 4. The van der Waals surface area contributed by atoms with Crippen LogP contribution in [0.2, 0.25) is 0 Å². The Bertz CT molecular complexity index is 325. The summed E-state index contributed by atoms with van der Waals surface area (Å²) >= 11 is 0. The standard InChI is InChI=1S/C12H18FNO/c1-4-11(8(2)3)14-9-5-6-12(15)10(13)7-9/h5-8,11,14-15H,4H2,1-3H3. The topological polar surface area (TPSA) is 32.3 Å². The Balaban J connectivity index is 2.75. The van der Waals surface area contributed by atoms with Gasteiger partial charge in [0.1, 0.15) is 0 Å². The van der Waals surface area contributed by atoms with E-state index in [1.54, 1.807) is 6.07 Å². The van der Waals surface area contributed by atoms with Gasteiger partial charge in [-0.05, 0) is 24.5 Å². The molecule has 1 unspecified atom stereocenters. The van der Waals surface area contributed by atoms with Gasteiger partial charge in [-0.3, -0.25) is 0 Å². The minimum absolute atomic E-state index is 0.307. The van der Waals surface area contributed by atoms with E-state index in [0.29, 0.717) is 17.6 Å². The molecule has 15 heavy (non-hydrogen) atoms. The van der Waals surface area contributed by atoms with Crippen LogP contribution in [-0.4, -0.2) is 11.1 Å². The maximum Gasteiger partial charge on any atom is 0.166 e. The van der Waals surface area contributed by atoms with Crippen LogP contribution >= 0.6 is 0 Å². The molecule has 0 radical (unpaired) electrons. The normalized spacial score (nSPS) is 12.9. The van der Waals surface area contributed by atoms with Crippen molar-refractivity contribution in [3.8, 4) is 5.75 Å². The molecule has 0 fully saturated rings. The Morgan fingerprint density at radius 1 is 1.40 bits per heavy atom. The van der Waals surface area contributed by atoms with E-state index in [9.17, 15) is 4.39 Å². The molecule has 3 heteroatoms. The summed E-state index contributed by atoms with van der Waals surface area (Å²) in [6.07, 6.45) is 0.986. The molecule has 84 valence electrons. The Labute approximate surface area is 90.1 Å². The molecule has 1 aromatic rings. The molecule has 0 saturated carbocycles. The average Bonchev–Trinajstić information content (AvgIpc) is 2.19. The van der Waals surface area contributed by atoms with Crippen LogP contribution in [0.5, 0.6) is 5.75 Å². The van der Waals surface area contributed by atoms with Crippen LogP contribution in [0.25, 0.3) is 0 Å². The molecule has 0 amide bonds. The summed E-state index contributed by atoms with van der Waals surface area (Å²) in [6.45, 7) is 6.34. The third-order valence-corrected chi connectivity index (χ3v) is 2.54. The summed E-state index contributed by atoms with van der Waals surface area (Å²) < 4.78 is 13.0. The van der Waals surface area contributed by atoms with E-state index in [-0.39, 0.29) is 5.75 Å². The van der Waals surface area contributed by atoms with Crippen molar-refractivity contribution in [2.45, 2.75) is 33.2 Å². The lowest BCUT2D eigenvalue weighted by Gasteiger charge is -2.22. The van der Waals surface area contributed by atoms with Crippen LogP contribution in [0, 0.1) is 11.7 Å². The predicted octanol–water partition coefficient (Wildman–Crippen LogP) is 3.38. The molecule has 0 heterocycles. The van der Waals surface area contributed by atoms with Crippen molar-refractivity contribution in [3.05, 3.63) is 24.0 Å². The summed E-state index contributed by atoms with van der Waals surface area (Å²) in [6, 6.07) is 4.70. The van der Waals surface area contributed by atoms with Crippen LogP contribution in [0.1, 0.15) is 27.2 Å². The van der Waals surface area contributed by atoms with E-state index in [1.165, 1.54) is 12.1 Å². The van der Waals surface area contributed by atoms with E-state index >= 15 is 0 Å². The second-order valence-electron chi connectivity index (χ2n) is 4.07. The fraction of sp³-hybridized carbons (Fsp3) is 0.500. The number of anilines is 1. The van der Waals surface area contributed by atoms with Crippen molar-refractivity contribution in [1.82, 2.24) is 0 Å². The highest BCUT2D eigenvalue weighted by molar-refractivity contribution is 5.47. The Morgan fingerprint density at radius 3 is 2.53 bits per heavy atom. The summed E-state index contributed by atoms with van der Waals surface area (Å²) in [7, 11) is 0. The molecule has 0 aliphatic rings. The van der Waals surface area contributed by atoms with Gasteiger partial charge < -0.3 is 10.4 Å². The van der Waals surface area contributed by atoms with Gasteiger partial charge >= 0.3 is 0 Å². The lowest BCUT2D eigenvalue weighted by atomic mass is 10.0. The highest BCUT2D eigenvalue weighted by atomic mass is 19.1. The number of aromatic hydroxyl groups is 1. The Morgan fingerprint density at radius 2 is 2.07 bits per heavy atom. The van der Waals surface area contributed by atoms with Gasteiger partial charge in [0.15, 0.2) is 11.6 Å². The Hall–Kier alpha value is -1.25. The zero-order chi connectivity index (χ0) is 11.4. The third kappa shape index (κ3) is 3.11. The van der Waals surface area contributed by atoms with Crippen LogP contribution in [0.3, 0.4) is 0 Å². The van der Waals surface area contributed by atoms with Crippen molar-refractivity contribution in [2.24, 2.45) is 5.92 Å². The summed E-state index contributed by atoms with van der Waals surface area (Å²) in [5.74, 6) is -0.399. The van der Waals surface area contributed by atoms with Gasteiger partial charge in [-0.1, -0.05) is 20.8 Å². The average molecular weight is 211 g/mol. The molecule has 1 aromatic carbocycles. The molecule has 2 nitrogen and oxygen atoms in total. The molecular weight excluding hydrogens is 193 g/mol. The Kier molecular flexibility index (Phi) is 3.95. The summed E-state index contributed by atoms with van der Waals surface area (Å²) in [5.41, 5.74) is 0.714. The van der Waals surface area contributed by atoms with Crippen molar-refractivity contribution >= 4 is 5.69 Å². The molecule has 0 aliphatic carbocycles. The number of benzene rings is 1. The van der Waals surface area contributed by atoms with Crippen LogP contribution in [-0.2, 0) is 0 Å². The van der Waals surface area contributed by atoms with Gasteiger partial charge in [-0.2, -0.15) is 0 Å². The second kappa shape index (κ2) is 5.01. The van der Waals surface area contributed by atoms with Gasteiger partial charge in [-0.25, -0.2) is 4.39 Å². The molecule has 0 saturated heterocycles. The first-order valence-corrected chi connectivity index (χ1v) is 5.29. The van der Waals surface area contributed by atoms with E-state index in [4.69, 9.17) is 5.11 Å². The van der Waals surface area contributed by atoms with Crippen molar-refractivity contribution < 1.29 is 9.50 Å². The minimum Gasteiger partial charge on any atom is -0.505 e. The van der Waals surface area contributed by atoms with Crippen molar-refractivity contribution in [2.75, 3.05) is 5.32 Å². The molecule has 0 aliphatic heterocycles. The number of hydrogen-bond donors (Lipinski definition) is 2. The molecular formula is C12H18FNO. The van der Waals surface area contributed by atoms with Gasteiger partial charge in [0, 0.05) is 17.8 Å². The smallest absolute Gasteiger partial charge is 0.166 e. The van der Waals surface area contributed by atoms with Gasteiger partial charge in [0.2, 0.25) is 0 Å². The lowest BCUT2D eigenvalue weighted by Crippen LogP contribution is -2.24. The van der Waals surface area contributed by atoms with E-state index in [2.05, 4.69) is 26.1 Å². The second-order valence-corrected chi connectivity index (χ2v) is 4.07. The van der Waals surface area contributed by atoms with Crippen LogP contribution < -0.4 is 5.32 Å². The summed E-state index contributed by atoms with van der Waals surface area (Å²) in [5, 5.41) is 12.3. The van der Waals surface area contributed by atoms with Crippen LogP contribution in [0.15, 0.2) is 18.2 Å². The fourth-order valence-electron chi connectivity index (χ4n) is 1.55. The van der Waals surface area contributed by atoms with E-state index in [1.807, 2.05) is 0 Å². The first kappa shape index (κ1) is 11.8. The van der Waals surface area contributed by atoms with Crippen molar-refractivity contribution in [1.29, 1.82) is 0 Å². The SMILES string of the molecule is CCC(Nc1ccc(O)c(F)c1)C(C)C. The third-order valence-electron chi connectivity index (χ3n) is 2.54. The first-order valence-electron chi connectivity index (χ1n) is 5.29. The van der Waals surface area contributed by atoms with Gasteiger partial charge in [0.25, 0.3) is 0 Å². The predicted molar refractivity (Wildman–Crippen MR) is 60.6 cm³/mol. The van der Waals surface area contributed by atoms with E-state index in [0.717, 1.165) is 6.42 Å².